The third kappa shape index (κ3) is 12.2. The Labute approximate surface area is 451 Å². The van der Waals surface area contributed by atoms with E-state index < -0.39 is 0 Å². The number of piperazine rings is 2. The van der Waals surface area contributed by atoms with Gasteiger partial charge >= 0.3 is 0 Å². The number of carbonyl (C=O) groups is 2. The molecule has 396 valence electrons. The summed E-state index contributed by atoms with van der Waals surface area (Å²) in [7, 11) is 6.07. The lowest BCUT2D eigenvalue weighted by Gasteiger charge is -2.32. The number of amides is 2. The molecule has 1 saturated carbocycles. The number of likely N-dealkylation sites (N-methyl/N-ethyl adjacent to an activating group) is 2. The molecule has 3 fully saturated rings. The number of terminal acetylenes is 1. The second-order valence-corrected chi connectivity index (χ2v) is 20.2. The minimum atomic E-state index is 0.0311. The molecule has 7 aromatic heterocycles. The molecule has 78 heavy (non-hydrogen) atoms. The number of fused-ring (bicyclic) bond motifs is 2. The normalized spacial score (nSPS) is 15.3. The Bertz CT molecular complexity index is 3640. The summed E-state index contributed by atoms with van der Waals surface area (Å²) in [6, 6.07) is 26.6. The molecular weight excluding hydrogens is 985 g/mol. The smallest absolute Gasteiger partial charge is 0.270 e. The van der Waals surface area contributed by atoms with Gasteiger partial charge in [-0.3, -0.25) is 19.6 Å². The molecule has 0 atom stereocenters. The van der Waals surface area contributed by atoms with E-state index in [0.29, 0.717) is 65.0 Å². The Balaban J connectivity index is 0.000000165. The predicted molar refractivity (Wildman–Crippen MR) is 299 cm³/mol. The Kier molecular flexibility index (Phi) is 14.7. The van der Waals surface area contributed by atoms with Gasteiger partial charge in [-0.25, -0.2) is 24.9 Å². The van der Waals surface area contributed by atoms with Gasteiger partial charge in [-0.15, -0.1) is 12.3 Å². The summed E-state index contributed by atoms with van der Waals surface area (Å²) in [5, 5.41) is 8.43. The molecule has 0 spiro atoms. The average Bonchev–Trinajstić information content (AvgIpc) is 3.74. The monoisotopic (exact) mass is 1040 g/mol. The topological polar surface area (TPSA) is 216 Å². The van der Waals surface area contributed by atoms with Crippen molar-refractivity contribution in [1.29, 1.82) is 0 Å². The number of anilines is 4. The maximum atomic E-state index is 13.0. The summed E-state index contributed by atoms with van der Waals surface area (Å²) in [5.74, 6) is 5.15. The zero-order valence-corrected chi connectivity index (χ0v) is 43.8. The predicted octanol–water partition coefficient (Wildman–Crippen LogP) is 7.80. The van der Waals surface area contributed by atoms with Crippen LogP contribution in [0.25, 0.3) is 44.6 Å². The molecule has 2 amide bonds. The van der Waals surface area contributed by atoms with Crippen molar-refractivity contribution in [2.24, 2.45) is 12.5 Å². The van der Waals surface area contributed by atoms with E-state index in [1.807, 2.05) is 113 Å². The van der Waals surface area contributed by atoms with Crippen LogP contribution >= 0.6 is 0 Å². The molecule has 9 aromatic rings. The maximum absolute atomic E-state index is 13.0. The second-order valence-electron chi connectivity index (χ2n) is 20.2. The largest absolute Gasteiger partial charge is 0.493 e. The van der Waals surface area contributed by atoms with Gasteiger partial charge in [0.25, 0.3) is 11.8 Å². The van der Waals surface area contributed by atoms with Crippen molar-refractivity contribution in [1.82, 2.24) is 69.0 Å². The van der Waals surface area contributed by atoms with E-state index in [4.69, 9.17) is 15.9 Å². The van der Waals surface area contributed by atoms with Crippen LogP contribution in [0.1, 0.15) is 45.9 Å². The molecule has 20 nitrogen and oxygen atoms in total. The first-order valence-corrected chi connectivity index (χ1v) is 26.0. The summed E-state index contributed by atoms with van der Waals surface area (Å²) in [6.45, 7) is 7.47. The summed E-state index contributed by atoms with van der Waals surface area (Å²) in [5.41, 5.74) is 8.35. The molecule has 9 heterocycles. The molecule has 2 aromatic carbocycles. The number of aromatic amines is 2. The molecule has 4 N–H and O–H groups in total. The van der Waals surface area contributed by atoms with Gasteiger partial charge in [0, 0.05) is 148 Å². The van der Waals surface area contributed by atoms with Crippen LogP contribution in [0.3, 0.4) is 0 Å². The van der Waals surface area contributed by atoms with E-state index in [2.05, 4.69) is 85.3 Å². The van der Waals surface area contributed by atoms with Gasteiger partial charge in [-0.05, 0) is 99.7 Å². The molecule has 2 aliphatic heterocycles. The fourth-order valence-electron chi connectivity index (χ4n) is 9.38. The number of imidazole rings is 1. The number of pyridine rings is 2. The molecule has 20 heteroatoms. The van der Waals surface area contributed by atoms with Gasteiger partial charge in [0.15, 0.2) is 0 Å². The summed E-state index contributed by atoms with van der Waals surface area (Å²) >= 11 is 0. The number of nitrogens with one attached hydrogen (secondary N) is 4. The van der Waals surface area contributed by atoms with E-state index in [1.165, 1.54) is 0 Å². The highest BCUT2D eigenvalue weighted by molar-refractivity contribution is 6.00. The van der Waals surface area contributed by atoms with Crippen LogP contribution in [0.5, 0.6) is 11.5 Å². The van der Waals surface area contributed by atoms with E-state index in [0.717, 1.165) is 116 Å². The van der Waals surface area contributed by atoms with Crippen molar-refractivity contribution in [3.8, 4) is 46.6 Å². The fourth-order valence-corrected chi connectivity index (χ4v) is 9.38. The zero-order valence-electron chi connectivity index (χ0n) is 43.8. The molecule has 0 bridgehead atoms. The first-order chi connectivity index (χ1) is 38.0. The van der Waals surface area contributed by atoms with Gasteiger partial charge in [0.2, 0.25) is 11.9 Å². The van der Waals surface area contributed by atoms with Crippen LogP contribution < -0.4 is 20.1 Å². The number of hydrogen-bond acceptors (Lipinski definition) is 15. The number of ether oxygens (including phenoxy) is 2. The number of hydrogen-bond donors (Lipinski definition) is 4. The van der Waals surface area contributed by atoms with Gasteiger partial charge in [-0.2, -0.15) is 0 Å². The number of benzene rings is 2. The Morgan fingerprint density at radius 2 is 1.10 bits per heavy atom. The Morgan fingerprint density at radius 1 is 0.603 bits per heavy atom. The van der Waals surface area contributed by atoms with Crippen molar-refractivity contribution in [3.05, 3.63) is 139 Å². The number of nitrogens with zero attached hydrogens (tertiary/aromatic N) is 12. The lowest BCUT2D eigenvalue weighted by atomic mass is 10.1. The quantitative estimate of drug-likeness (QED) is 0.0721. The van der Waals surface area contributed by atoms with Gasteiger partial charge in [0.1, 0.15) is 29.5 Å². The zero-order chi connectivity index (χ0) is 53.6. The van der Waals surface area contributed by atoms with Gasteiger partial charge in [-0.1, -0.05) is 0 Å². The summed E-state index contributed by atoms with van der Waals surface area (Å²) in [6.07, 6.45) is 18.9. The first-order valence-electron chi connectivity index (χ1n) is 26.0. The molecule has 0 radical (unpaired) electrons. The maximum Gasteiger partial charge on any atom is 0.270 e. The van der Waals surface area contributed by atoms with Gasteiger partial charge < -0.3 is 54.2 Å². The highest BCUT2D eigenvalue weighted by Gasteiger charge is 2.42. The summed E-state index contributed by atoms with van der Waals surface area (Å²) in [4.78, 5) is 72.1. The number of aryl methyl sites for hydroxylation is 1. The summed E-state index contributed by atoms with van der Waals surface area (Å²) < 4.78 is 13.8. The van der Waals surface area contributed by atoms with E-state index in [1.54, 1.807) is 31.1 Å². The van der Waals surface area contributed by atoms with E-state index >= 15 is 0 Å². The van der Waals surface area contributed by atoms with Gasteiger partial charge in [0.05, 0.1) is 41.4 Å². The van der Waals surface area contributed by atoms with Crippen LogP contribution in [0, 0.1) is 17.8 Å². The second kappa shape index (κ2) is 22.6. The van der Waals surface area contributed by atoms with Crippen molar-refractivity contribution < 1.29 is 19.1 Å². The number of carbonyl (C=O) groups excluding carboxylic acids is 2. The van der Waals surface area contributed by atoms with Crippen LogP contribution in [0.2, 0.25) is 0 Å². The third-order valence-corrected chi connectivity index (χ3v) is 14.2. The first kappa shape index (κ1) is 50.9. The van der Waals surface area contributed by atoms with Crippen LogP contribution in [-0.2, 0) is 13.7 Å². The van der Waals surface area contributed by atoms with Crippen LogP contribution in [0.15, 0.2) is 122 Å². The van der Waals surface area contributed by atoms with Crippen molar-refractivity contribution >= 4 is 56.9 Å². The fraction of sp³-hybridized carbons (Fsp3) is 0.293. The van der Waals surface area contributed by atoms with Crippen LogP contribution in [-0.4, -0.2) is 154 Å². The van der Waals surface area contributed by atoms with E-state index in [9.17, 15) is 9.59 Å². The highest BCUT2D eigenvalue weighted by atomic mass is 16.5. The minimum Gasteiger partial charge on any atom is -0.493 e. The lowest BCUT2D eigenvalue weighted by molar-refractivity contribution is 0.0652. The number of rotatable bonds is 15. The minimum absolute atomic E-state index is 0.0311. The lowest BCUT2D eigenvalue weighted by Crippen LogP contribution is -2.47. The molecule has 1 aliphatic carbocycles. The Hall–Kier alpha value is -9.19. The highest BCUT2D eigenvalue weighted by Crippen LogP contribution is 2.48. The molecule has 3 aliphatic rings. The standard InChI is InChI=1S/C30H31N7O2.C28H29N9O2/c1-3-8-30(9-10-30)20-39-23-6-11-31-26(19-23)25-7-12-32-29(35-25)33-22-4-5-24-21(17-22)18-27(34-24)28(38)37-15-13-36(2)14-16-37;1-35-9-11-37(12-10-35)27(38)26-14-19-13-20(3-4-23(19)33-26)32-28-30-8-6-24(34-28)25-15-22(5-7-29-25)39-17-21-16-36(2)18-31-21/h1,4-7,11-12,17-19,34H,8-10,13-16,20H2,2H3,(H,32,33,35);3-8,13-16,18,33H,9-12,17H2,1-2H3,(H,30,32,34). The third-order valence-electron chi connectivity index (χ3n) is 14.2. The molecule has 12 rings (SSSR count). The molecular formula is C58H60N16O4. The Morgan fingerprint density at radius 3 is 1.58 bits per heavy atom. The van der Waals surface area contributed by atoms with Crippen molar-refractivity contribution in [3.63, 3.8) is 0 Å². The SMILES string of the molecule is C#CCC1(COc2ccnc(-c3ccnc(Nc4ccc5[nH]c(C(=O)N6CCN(C)CC6)cc5c4)n3)c2)CC1.CN1CCN(C(=O)c2cc3cc(Nc4nccc(-c5cc(OCc6cn(C)cn6)ccn5)n4)ccc3[nH]2)CC1. The van der Waals surface area contributed by atoms with Crippen molar-refractivity contribution in [2.45, 2.75) is 25.9 Å². The van der Waals surface area contributed by atoms with Crippen LogP contribution in [0.4, 0.5) is 23.3 Å². The average molecular weight is 1050 g/mol. The molecule has 0 unspecified atom stereocenters. The van der Waals surface area contributed by atoms with E-state index in [-0.39, 0.29) is 17.2 Å². The van der Waals surface area contributed by atoms with Crippen molar-refractivity contribution in [2.75, 3.05) is 83.7 Å². The number of H-pyrrole nitrogens is 2. The molecule has 2 saturated heterocycles. The number of aromatic nitrogens is 10.